The van der Waals surface area contributed by atoms with Crippen molar-refractivity contribution in [2.24, 2.45) is 4.99 Å². The SMILES string of the molecule is C#CCNC(=NCc1ccc(N2CCN(C)CC2)nc1)NCC. The van der Waals surface area contributed by atoms with Gasteiger partial charge in [-0.25, -0.2) is 9.98 Å². The summed E-state index contributed by atoms with van der Waals surface area (Å²) in [4.78, 5) is 13.8. The van der Waals surface area contributed by atoms with Crippen molar-refractivity contribution < 1.29 is 0 Å². The molecule has 6 heteroatoms. The maximum Gasteiger partial charge on any atom is 0.192 e. The van der Waals surface area contributed by atoms with Crippen LogP contribution in [-0.4, -0.2) is 62.2 Å². The van der Waals surface area contributed by atoms with Crippen LogP contribution in [0.1, 0.15) is 12.5 Å². The number of pyridine rings is 1. The number of terminal acetylenes is 1. The molecule has 1 aromatic heterocycles. The van der Waals surface area contributed by atoms with E-state index in [0.717, 1.165) is 50.1 Å². The first kappa shape index (κ1) is 17.1. The molecule has 0 amide bonds. The van der Waals surface area contributed by atoms with Crippen LogP contribution < -0.4 is 15.5 Å². The molecule has 2 N–H and O–H groups in total. The Morgan fingerprint density at radius 3 is 2.70 bits per heavy atom. The maximum absolute atomic E-state index is 5.26. The molecule has 1 saturated heterocycles. The molecule has 0 saturated carbocycles. The Labute approximate surface area is 139 Å². The number of hydrogen-bond acceptors (Lipinski definition) is 4. The molecule has 124 valence electrons. The smallest absolute Gasteiger partial charge is 0.192 e. The fourth-order valence-corrected chi connectivity index (χ4v) is 2.38. The van der Waals surface area contributed by atoms with Crippen LogP contribution in [0.2, 0.25) is 0 Å². The first-order chi connectivity index (χ1) is 11.2. The monoisotopic (exact) mass is 314 g/mol. The zero-order valence-electron chi connectivity index (χ0n) is 14.0. The highest BCUT2D eigenvalue weighted by atomic mass is 15.3. The fraction of sp³-hybridized carbons (Fsp3) is 0.529. The summed E-state index contributed by atoms with van der Waals surface area (Å²) in [5, 5.41) is 6.24. The summed E-state index contributed by atoms with van der Waals surface area (Å²) in [5.74, 6) is 4.32. The molecule has 0 aromatic carbocycles. The number of aliphatic imine (C=N–C) groups is 1. The van der Waals surface area contributed by atoms with Crippen LogP contribution in [0.25, 0.3) is 0 Å². The van der Waals surface area contributed by atoms with Gasteiger partial charge in [-0.1, -0.05) is 12.0 Å². The predicted octanol–water partition coefficient (Wildman–Crippen LogP) is 0.522. The predicted molar refractivity (Wildman–Crippen MR) is 95.6 cm³/mol. The molecule has 6 nitrogen and oxygen atoms in total. The van der Waals surface area contributed by atoms with E-state index >= 15 is 0 Å². The summed E-state index contributed by atoms with van der Waals surface area (Å²) in [7, 11) is 2.15. The van der Waals surface area contributed by atoms with Crippen LogP contribution in [0.3, 0.4) is 0 Å². The quantitative estimate of drug-likeness (QED) is 0.471. The Kier molecular flexibility index (Phi) is 6.70. The van der Waals surface area contributed by atoms with E-state index in [2.05, 4.69) is 55.5 Å². The van der Waals surface area contributed by atoms with Gasteiger partial charge in [0, 0.05) is 38.9 Å². The number of aromatic nitrogens is 1. The number of guanidine groups is 1. The second kappa shape index (κ2) is 9.01. The highest BCUT2D eigenvalue weighted by molar-refractivity contribution is 5.79. The zero-order chi connectivity index (χ0) is 16.5. The Bertz CT molecular complexity index is 537. The summed E-state index contributed by atoms with van der Waals surface area (Å²) in [6.07, 6.45) is 7.17. The van der Waals surface area contributed by atoms with Crippen LogP contribution in [0, 0.1) is 12.3 Å². The van der Waals surface area contributed by atoms with E-state index in [1.807, 2.05) is 13.1 Å². The number of rotatable bonds is 5. The van der Waals surface area contributed by atoms with Crippen LogP contribution in [0.5, 0.6) is 0 Å². The highest BCUT2D eigenvalue weighted by Gasteiger charge is 2.14. The van der Waals surface area contributed by atoms with Gasteiger partial charge in [0.25, 0.3) is 0 Å². The second-order valence-electron chi connectivity index (χ2n) is 5.57. The van der Waals surface area contributed by atoms with Gasteiger partial charge in [-0.15, -0.1) is 6.42 Å². The standard InChI is InChI=1S/C17H26N6/c1-4-8-19-17(18-5-2)21-14-15-6-7-16(20-13-15)23-11-9-22(3)10-12-23/h1,6-7,13H,5,8-12,14H2,2-3H3,(H2,18,19,21). The van der Waals surface area contributed by atoms with Crippen molar-refractivity contribution >= 4 is 11.8 Å². The van der Waals surface area contributed by atoms with Crippen molar-refractivity contribution in [2.45, 2.75) is 13.5 Å². The number of likely N-dealkylation sites (N-methyl/N-ethyl adjacent to an activating group) is 1. The van der Waals surface area contributed by atoms with E-state index < -0.39 is 0 Å². The third kappa shape index (κ3) is 5.46. The van der Waals surface area contributed by atoms with Gasteiger partial charge in [-0.3, -0.25) is 0 Å². The summed E-state index contributed by atoms with van der Waals surface area (Å²) < 4.78 is 0. The average Bonchev–Trinajstić information content (AvgIpc) is 2.58. The van der Waals surface area contributed by atoms with Crippen molar-refractivity contribution in [1.29, 1.82) is 0 Å². The fourth-order valence-electron chi connectivity index (χ4n) is 2.38. The maximum atomic E-state index is 5.26. The normalized spacial score (nSPS) is 16.0. The molecule has 1 aromatic rings. The van der Waals surface area contributed by atoms with E-state index in [0.29, 0.717) is 13.1 Å². The molecular weight excluding hydrogens is 288 g/mol. The Morgan fingerprint density at radius 2 is 2.09 bits per heavy atom. The molecular formula is C17H26N6. The van der Waals surface area contributed by atoms with Gasteiger partial charge >= 0.3 is 0 Å². The lowest BCUT2D eigenvalue weighted by molar-refractivity contribution is 0.312. The minimum Gasteiger partial charge on any atom is -0.357 e. The largest absolute Gasteiger partial charge is 0.357 e. The molecule has 1 aliphatic rings. The molecule has 0 unspecified atom stereocenters. The third-order valence-corrected chi connectivity index (χ3v) is 3.76. The molecule has 0 aliphatic carbocycles. The van der Waals surface area contributed by atoms with Crippen LogP contribution in [-0.2, 0) is 6.54 Å². The Hall–Kier alpha value is -2.26. The summed E-state index contributed by atoms with van der Waals surface area (Å²) in [5.41, 5.74) is 1.08. The Morgan fingerprint density at radius 1 is 1.30 bits per heavy atom. The van der Waals surface area contributed by atoms with Crippen LogP contribution in [0.4, 0.5) is 5.82 Å². The minimum absolute atomic E-state index is 0.465. The number of nitrogens with zero attached hydrogens (tertiary/aromatic N) is 4. The number of nitrogens with one attached hydrogen (secondary N) is 2. The lowest BCUT2D eigenvalue weighted by Gasteiger charge is -2.33. The molecule has 1 aliphatic heterocycles. The lowest BCUT2D eigenvalue weighted by atomic mass is 10.2. The van der Waals surface area contributed by atoms with Gasteiger partial charge in [0.05, 0.1) is 13.1 Å². The number of hydrogen-bond donors (Lipinski definition) is 2. The summed E-state index contributed by atoms with van der Waals surface area (Å²) in [6, 6.07) is 4.17. The van der Waals surface area contributed by atoms with Gasteiger partial charge < -0.3 is 20.4 Å². The van der Waals surface area contributed by atoms with Crippen LogP contribution >= 0.6 is 0 Å². The van der Waals surface area contributed by atoms with Gasteiger partial charge in [0.1, 0.15) is 5.82 Å². The second-order valence-corrected chi connectivity index (χ2v) is 5.57. The van der Waals surface area contributed by atoms with Crippen molar-refractivity contribution in [3.05, 3.63) is 23.9 Å². The minimum atomic E-state index is 0.465. The molecule has 1 fully saturated rings. The van der Waals surface area contributed by atoms with Crippen molar-refractivity contribution in [3.63, 3.8) is 0 Å². The Balaban J connectivity index is 1.92. The van der Waals surface area contributed by atoms with Gasteiger partial charge in [-0.05, 0) is 25.6 Å². The average molecular weight is 314 g/mol. The molecule has 2 rings (SSSR count). The first-order valence-corrected chi connectivity index (χ1v) is 8.07. The van der Waals surface area contributed by atoms with Gasteiger partial charge in [0.15, 0.2) is 5.96 Å². The van der Waals surface area contributed by atoms with E-state index in [-0.39, 0.29) is 0 Å². The van der Waals surface area contributed by atoms with Crippen molar-refractivity contribution in [1.82, 2.24) is 20.5 Å². The molecule has 2 heterocycles. The topological polar surface area (TPSA) is 55.8 Å². The molecule has 23 heavy (non-hydrogen) atoms. The third-order valence-electron chi connectivity index (χ3n) is 3.76. The lowest BCUT2D eigenvalue weighted by Crippen LogP contribution is -2.44. The number of piperazine rings is 1. The van der Waals surface area contributed by atoms with Gasteiger partial charge in [0.2, 0.25) is 0 Å². The number of anilines is 1. The zero-order valence-corrected chi connectivity index (χ0v) is 14.0. The summed E-state index contributed by atoms with van der Waals surface area (Å²) in [6.45, 7) is 8.10. The summed E-state index contributed by atoms with van der Waals surface area (Å²) >= 11 is 0. The van der Waals surface area contributed by atoms with Gasteiger partial charge in [-0.2, -0.15) is 0 Å². The molecule has 0 radical (unpaired) electrons. The van der Waals surface area contributed by atoms with Crippen molar-refractivity contribution in [2.75, 3.05) is 51.2 Å². The molecule has 0 spiro atoms. The van der Waals surface area contributed by atoms with Crippen molar-refractivity contribution in [3.8, 4) is 12.3 Å². The first-order valence-electron chi connectivity index (χ1n) is 8.07. The van der Waals surface area contributed by atoms with E-state index in [1.165, 1.54) is 0 Å². The highest BCUT2D eigenvalue weighted by Crippen LogP contribution is 2.13. The van der Waals surface area contributed by atoms with E-state index in [4.69, 9.17) is 6.42 Å². The van der Waals surface area contributed by atoms with E-state index in [1.54, 1.807) is 0 Å². The van der Waals surface area contributed by atoms with E-state index in [9.17, 15) is 0 Å². The molecule has 0 atom stereocenters. The van der Waals surface area contributed by atoms with Crippen LogP contribution in [0.15, 0.2) is 23.3 Å². The molecule has 0 bridgehead atoms.